The standard InChI is InChI=1S/C18H17BrClNO3/c1-11-15(20)3-2-4-16(11)21-17(22)10-13(18(23)24)9-12-5-7-14(19)8-6-12/h2-8,13H,9-10H2,1H3,(H,21,22)(H,23,24)/t13-/m0/s1. The zero-order chi connectivity index (χ0) is 17.7. The molecule has 126 valence electrons. The number of aliphatic carboxylic acids is 1. The Hall–Kier alpha value is -1.85. The predicted molar refractivity (Wildman–Crippen MR) is 98.4 cm³/mol. The number of amides is 1. The number of carbonyl (C=O) groups is 2. The number of carboxylic acids is 1. The Morgan fingerprint density at radius 1 is 1.21 bits per heavy atom. The van der Waals surface area contributed by atoms with Gasteiger partial charge in [-0.1, -0.05) is 45.7 Å². The first-order chi connectivity index (χ1) is 11.4. The second-order valence-electron chi connectivity index (χ2n) is 5.53. The molecule has 2 rings (SSSR count). The van der Waals surface area contributed by atoms with E-state index in [1.807, 2.05) is 24.3 Å². The molecule has 1 atom stereocenters. The third-order valence-electron chi connectivity index (χ3n) is 3.72. The van der Waals surface area contributed by atoms with Gasteiger partial charge in [0.1, 0.15) is 0 Å². The summed E-state index contributed by atoms with van der Waals surface area (Å²) in [5, 5.41) is 12.7. The molecule has 0 fully saturated rings. The fourth-order valence-corrected chi connectivity index (χ4v) is 2.76. The molecule has 0 spiro atoms. The Bertz CT molecular complexity index is 746. The summed E-state index contributed by atoms with van der Waals surface area (Å²) in [6, 6.07) is 12.6. The van der Waals surface area contributed by atoms with E-state index in [1.54, 1.807) is 25.1 Å². The Kier molecular flexibility index (Phi) is 6.40. The minimum atomic E-state index is -0.990. The van der Waals surface area contributed by atoms with Crippen LogP contribution in [0.25, 0.3) is 0 Å². The molecule has 0 saturated carbocycles. The topological polar surface area (TPSA) is 66.4 Å². The van der Waals surface area contributed by atoms with Crippen molar-refractivity contribution in [1.29, 1.82) is 0 Å². The van der Waals surface area contributed by atoms with Gasteiger partial charge in [0.15, 0.2) is 0 Å². The van der Waals surface area contributed by atoms with E-state index in [0.717, 1.165) is 15.6 Å². The average Bonchev–Trinajstić information content (AvgIpc) is 2.53. The summed E-state index contributed by atoms with van der Waals surface area (Å²) in [6.07, 6.45) is 0.196. The second kappa shape index (κ2) is 8.31. The van der Waals surface area contributed by atoms with Crippen molar-refractivity contribution in [2.45, 2.75) is 19.8 Å². The number of hydrogen-bond acceptors (Lipinski definition) is 2. The number of nitrogens with one attached hydrogen (secondary N) is 1. The number of hydrogen-bond donors (Lipinski definition) is 2. The smallest absolute Gasteiger partial charge is 0.307 e. The molecule has 2 aromatic rings. The number of anilines is 1. The number of rotatable bonds is 6. The average molecular weight is 411 g/mol. The highest BCUT2D eigenvalue weighted by atomic mass is 79.9. The Morgan fingerprint density at radius 3 is 2.50 bits per heavy atom. The molecule has 2 aromatic carbocycles. The van der Waals surface area contributed by atoms with Crippen molar-refractivity contribution in [3.63, 3.8) is 0 Å². The predicted octanol–water partition coefficient (Wildman–Crippen LogP) is 4.68. The second-order valence-corrected chi connectivity index (χ2v) is 6.85. The van der Waals surface area contributed by atoms with Crippen molar-refractivity contribution < 1.29 is 14.7 Å². The van der Waals surface area contributed by atoms with Crippen LogP contribution in [0.5, 0.6) is 0 Å². The Labute approximate surface area is 154 Å². The number of carboxylic acid groups (broad SMARTS) is 1. The van der Waals surface area contributed by atoms with E-state index in [9.17, 15) is 14.7 Å². The van der Waals surface area contributed by atoms with Crippen LogP contribution in [0.3, 0.4) is 0 Å². The van der Waals surface area contributed by atoms with Gasteiger partial charge in [0, 0.05) is 21.6 Å². The molecule has 0 aliphatic rings. The number of carbonyl (C=O) groups excluding carboxylic acids is 1. The van der Waals surface area contributed by atoms with Crippen molar-refractivity contribution >= 4 is 45.1 Å². The summed E-state index contributed by atoms with van der Waals surface area (Å²) < 4.78 is 0.923. The van der Waals surface area contributed by atoms with E-state index in [1.165, 1.54) is 0 Å². The summed E-state index contributed by atoms with van der Waals surface area (Å²) in [7, 11) is 0. The highest BCUT2D eigenvalue weighted by molar-refractivity contribution is 9.10. The molecular formula is C18H17BrClNO3. The number of halogens is 2. The SMILES string of the molecule is Cc1c(Cl)cccc1NC(=O)C[C@H](Cc1ccc(Br)cc1)C(=O)O. The maximum absolute atomic E-state index is 12.2. The molecule has 0 radical (unpaired) electrons. The first kappa shape index (κ1) is 18.5. The quantitative estimate of drug-likeness (QED) is 0.726. The van der Waals surface area contributed by atoms with Crippen LogP contribution < -0.4 is 5.32 Å². The molecule has 0 aliphatic carbocycles. The molecule has 24 heavy (non-hydrogen) atoms. The third kappa shape index (κ3) is 5.08. The Morgan fingerprint density at radius 2 is 1.88 bits per heavy atom. The first-order valence-corrected chi connectivity index (χ1v) is 8.56. The normalized spacial score (nSPS) is 11.8. The van der Waals surface area contributed by atoms with Crippen molar-refractivity contribution in [1.82, 2.24) is 0 Å². The van der Waals surface area contributed by atoms with E-state index < -0.39 is 11.9 Å². The van der Waals surface area contributed by atoms with Gasteiger partial charge in [0.2, 0.25) is 5.91 Å². The zero-order valence-electron chi connectivity index (χ0n) is 13.1. The molecule has 0 saturated heterocycles. The molecule has 6 heteroatoms. The number of benzene rings is 2. The van der Waals surface area contributed by atoms with E-state index in [2.05, 4.69) is 21.2 Å². The molecule has 0 aromatic heterocycles. The van der Waals surface area contributed by atoms with Crippen molar-refractivity contribution in [2.75, 3.05) is 5.32 Å². The van der Waals surface area contributed by atoms with Crippen LogP contribution in [0.15, 0.2) is 46.9 Å². The first-order valence-electron chi connectivity index (χ1n) is 7.39. The minimum absolute atomic E-state index is 0.0999. The fourth-order valence-electron chi connectivity index (χ4n) is 2.32. The van der Waals surface area contributed by atoms with Gasteiger partial charge in [-0.3, -0.25) is 9.59 Å². The highest BCUT2D eigenvalue weighted by Crippen LogP contribution is 2.24. The van der Waals surface area contributed by atoms with Crippen LogP contribution in [0.4, 0.5) is 5.69 Å². The van der Waals surface area contributed by atoms with Crippen LogP contribution in [-0.2, 0) is 16.0 Å². The lowest BCUT2D eigenvalue weighted by molar-refractivity contribution is -0.143. The third-order valence-corrected chi connectivity index (χ3v) is 4.66. The van der Waals surface area contributed by atoms with Gasteiger partial charge in [-0.25, -0.2) is 0 Å². The molecule has 0 unspecified atom stereocenters. The van der Waals surface area contributed by atoms with E-state index in [4.69, 9.17) is 11.6 Å². The van der Waals surface area contributed by atoms with Gasteiger partial charge in [-0.2, -0.15) is 0 Å². The lowest BCUT2D eigenvalue weighted by atomic mass is 9.96. The maximum Gasteiger partial charge on any atom is 0.307 e. The summed E-state index contributed by atoms with van der Waals surface area (Å²) in [6.45, 7) is 1.80. The summed E-state index contributed by atoms with van der Waals surface area (Å²) in [5.74, 6) is -2.12. The van der Waals surface area contributed by atoms with Crippen molar-refractivity contribution in [2.24, 2.45) is 5.92 Å². The molecule has 0 heterocycles. The van der Waals surface area contributed by atoms with Gasteiger partial charge in [-0.05, 0) is 48.7 Å². The zero-order valence-corrected chi connectivity index (χ0v) is 15.4. The Balaban J connectivity index is 2.04. The lowest BCUT2D eigenvalue weighted by Gasteiger charge is -2.14. The highest BCUT2D eigenvalue weighted by Gasteiger charge is 2.22. The van der Waals surface area contributed by atoms with Crippen molar-refractivity contribution in [3.8, 4) is 0 Å². The summed E-state index contributed by atoms with van der Waals surface area (Å²) in [5.41, 5.74) is 2.23. The lowest BCUT2D eigenvalue weighted by Crippen LogP contribution is -2.24. The summed E-state index contributed by atoms with van der Waals surface area (Å²) >= 11 is 9.36. The van der Waals surface area contributed by atoms with Gasteiger partial charge >= 0.3 is 5.97 Å². The largest absolute Gasteiger partial charge is 0.481 e. The van der Waals surface area contributed by atoms with Gasteiger partial charge in [-0.15, -0.1) is 0 Å². The van der Waals surface area contributed by atoms with Crippen molar-refractivity contribution in [3.05, 3.63) is 63.1 Å². The van der Waals surface area contributed by atoms with Crippen LogP contribution in [0, 0.1) is 12.8 Å². The molecule has 0 aliphatic heterocycles. The molecular weight excluding hydrogens is 394 g/mol. The molecule has 0 bridgehead atoms. The van der Waals surface area contributed by atoms with Crippen LogP contribution in [0.1, 0.15) is 17.5 Å². The van der Waals surface area contributed by atoms with Gasteiger partial charge in [0.05, 0.1) is 5.92 Å². The van der Waals surface area contributed by atoms with Crippen LogP contribution in [0.2, 0.25) is 5.02 Å². The fraction of sp³-hybridized carbons (Fsp3) is 0.222. The van der Waals surface area contributed by atoms with Gasteiger partial charge in [0.25, 0.3) is 0 Å². The monoisotopic (exact) mass is 409 g/mol. The maximum atomic E-state index is 12.2. The van der Waals surface area contributed by atoms with E-state index >= 15 is 0 Å². The molecule has 1 amide bonds. The molecule has 2 N–H and O–H groups in total. The van der Waals surface area contributed by atoms with E-state index in [0.29, 0.717) is 17.1 Å². The van der Waals surface area contributed by atoms with Crippen LogP contribution in [-0.4, -0.2) is 17.0 Å². The van der Waals surface area contributed by atoms with Gasteiger partial charge < -0.3 is 10.4 Å². The molecule has 4 nitrogen and oxygen atoms in total. The minimum Gasteiger partial charge on any atom is -0.481 e. The van der Waals surface area contributed by atoms with E-state index in [-0.39, 0.29) is 12.3 Å². The summed E-state index contributed by atoms with van der Waals surface area (Å²) in [4.78, 5) is 23.7. The van der Waals surface area contributed by atoms with Crippen LogP contribution >= 0.6 is 27.5 Å².